The molecule has 2 aromatic rings. The van der Waals surface area contributed by atoms with Gasteiger partial charge in [0, 0.05) is 27.0 Å². The van der Waals surface area contributed by atoms with Gasteiger partial charge in [0.1, 0.15) is 0 Å². The fourth-order valence-corrected chi connectivity index (χ4v) is 2.73. The first-order chi connectivity index (χ1) is 10.0. The summed E-state index contributed by atoms with van der Waals surface area (Å²) in [6.45, 7) is 0. The van der Waals surface area contributed by atoms with E-state index in [0.717, 1.165) is 11.3 Å². The van der Waals surface area contributed by atoms with Crippen LogP contribution in [0.2, 0.25) is 10.0 Å². The van der Waals surface area contributed by atoms with Gasteiger partial charge in [-0.1, -0.05) is 23.2 Å². The minimum absolute atomic E-state index is 0.0656. The third-order valence-electron chi connectivity index (χ3n) is 3.11. The third kappa shape index (κ3) is 3.01. The van der Waals surface area contributed by atoms with Crippen LogP contribution < -0.4 is 10.6 Å². The van der Waals surface area contributed by atoms with E-state index in [0.29, 0.717) is 27.7 Å². The highest BCUT2D eigenvalue weighted by atomic mass is 35.5. The van der Waals surface area contributed by atoms with Gasteiger partial charge in [-0.3, -0.25) is 9.59 Å². The predicted octanol–water partition coefficient (Wildman–Crippen LogP) is 3.74. The molecule has 21 heavy (non-hydrogen) atoms. The number of hydrogen-bond donors (Lipinski definition) is 2. The molecule has 0 unspecified atom stereocenters. The Hall–Kier alpha value is -2.04. The number of amides is 2. The fourth-order valence-electron chi connectivity index (χ4n) is 2.20. The normalized spacial score (nSPS) is 12.8. The summed E-state index contributed by atoms with van der Waals surface area (Å²) in [5.74, 6) is -0.348. The van der Waals surface area contributed by atoms with Crippen LogP contribution in [0.3, 0.4) is 0 Å². The summed E-state index contributed by atoms with van der Waals surface area (Å²) >= 11 is 11.8. The van der Waals surface area contributed by atoms with E-state index in [1.54, 1.807) is 36.4 Å². The molecule has 0 aliphatic carbocycles. The van der Waals surface area contributed by atoms with Crippen molar-refractivity contribution in [2.75, 3.05) is 10.6 Å². The van der Waals surface area contributed by atoms with Crippen molar-refractivity contribution in [2.24, 2.45) is 0 Å². The molecule has 0 saturated heterocycles. The molecule has 2 N–H and O–H groups in total. The highest BCUT2D eigenvalue weighted by Gasteiger charge is 2.19. The van der Waals surface area contributed by atoms with Crippen molar-refractivity contribution in [3.05, 3.63) is 57.6 Å². The van der Waals surface area contributed by atoms with Crippen LogP contribution >= 0.6 is 23.2 Å². The zero-order chi connectivity index (χ0) is 15.0. The van der Waals surface area contributed by atoms with Gasteiger partial charge in [0.25, 0.3) is 5.91 Å². The summed E-state index contributed by atoms with van der Waals surface area (Å²) in [4.78, 5) is 23.5. The van der Waals surface area contributed by atoms with Crippen molar-refractivity contribution in [2.45, 2.75) is 6.42 Å². The van der Waals surface area contributed by atoms with Crippen molar-refractivity contribution in [1.29, 1.82) is 0 Å². The Morgan fingerprint density at radius 3 is 2.52 bits per heavy atom. The van der Waals surface area contributed by atoms with Crippen LogP contribution in [0.15, 0.2) is 36.4 Å². The van der Waals surface area contributed by atoms with E-state index in [1.165, 1.54) is 0 Å². The lowest BCUT2D eigenvalue weighted by Gasteiger charge is -2.07. The van der Waals surface area contributed by atoms with Gasteiger partial charge < -0.3 is 10.6 Å². The molecule has 0 radical (unpaired) electrons. The van der Waals surface area contributed by atoms with E-state index >= 15 is 0 Å². The van der Waals surface area contributed by atoms with E-state index in [4.69, 9.17) is 23.2 Å². The van der Waals surface area contributed by atoms with Crippen LogP contribution in [-0.4, -0.2) is 11.8 Å². The molecule has 0 saturated carbocycles. The quantitative estimate of drug-likeness (QED) is 0.885. The first kappa shape index (κ1) is 13.9. The van der Waals surface area contributed by atoms with Crippen molar-refractivity contribution in [3.8, 4) is 0 Å². The van der Waals surface area contributed by atoms with Gasteiger partial charge in [0.2, 0.25) is 5.91 Å². The molecule has 2 aromatic carbocycles. The number of fused-ring (bicyclic) bond motifs is 1. The minimum atomic E-state index is -0.282. The summed E-state index contributed by atoms with van der Waals surface area (Å²) in [7, 11) is 0. The molecule has 2 amide bonds. The summed E-state index contributed by atoms with van der Waals surface area (Å²) < 4.78 is 0. The Bertz CT molecular complexity index is 739. The topological polar surface area (TPSA) is 58.2 Å². The molecule has 3 rings (SSSR count). The molecule has 0 atom stereocenters. The average Bonchev–Trinajstić information content (AvgIpc) is 2.76. The number of carbonyl (C=O) groups is 2. The SMILES string of the molecule is O=C1Cc2cc(C(=O)Nc3cc(Cl)cc(Cl)c3)ccc2N1. The molecule has 4 nitrogen and oxygen atoms in total. The molecule has 0 spiro atoms. The zero-order valence-electron chi connectivity index (χ0n) is 10.7. The summed E-state index contributed by atoms with van der Waals surface area (Å²) in [5.41, 5.74) is 2.56. The first-order valence-corrected chi connectivity index (χ1v) is 6.97. The number of anilines is 2. The third-order valence-corrected chi connectivity index (χ3v) is 3.55. The highest BCUT2D eigenvalue weighted by Crippen LogP contribution is 2.25. The number of benzene rings is 2. The van der Waals surface area contributed by atoms with Gasteiger partial charge >= 0.3 is 0 Å². The summed E-state index contributed by atoms with van der Waals surface area (Å²) in [6.07, 6.45) is 0.291. The summed E-state index contributed by atoms with van der Waals surface area (Å²) in [5, 5.41) is 6.34. The van der Waals surface area contributed by atoms with Crippen LogP contribution in [0.4, 0.5) is 11.4 Å². The number of nitrogens with one attached hydrogen (secondary N) is 2. The minimum Gasteiger partial charge on any atom is -0.326 e. The molecule has 0 fully saturated rings. The lowest BCUT2D eigenvalue weighted by Crippen LogP contribution is -2.12. The van der Waals surface area contributed by atoms with Crippen molar-refractivity contribution in [3.63, 3.8) is 0 Å². The summed E-state index contributed by atoms with van der Waals surface area (Å²) in [6, 6.07) is 9.90. The molecule has 1 heterocycles. The molecular weight excluding hydrogens is 311 g/mol. The van der Waals surface area contributed by atoms with Gasteiger partial charge in [-0.05, 0) is 42.0 Å². The molecule has 0 bridgehead atoms. The van der Waals surface area contributed by atoms with Crippen molar-refractivity contribution in [1.82, 2.24) is 0 Å². The molecule has 1 aliphatic heterocycles. The number of rotatable bonds is 2. The second kappa shape index (κ2) is 5.39. The first-order valence-electron chi connectivity index (χ1n) is 6.21. The number of carbonyl (C=O) groups excluding carboxylic acids is 2. The second-order valence-electron chi connectivity index (χ2n) is 4.71. The van der Waals surface area contributed by atoms with E-state index in [9.17, 15) is 9.59 Å². The van der Waals surface area contributed by atoms with Crippen LogP contribution in [-0.2, 0) is 11.2 Å². The van der Waals surface area contributed by atoms with Gasteiger partial charge in [0.05, 0.1) is 6.42 Å². The van der Waals surface area contributed by atoms with Crippen LogP contribution in [0.5, 0.6) is 0 Å². The highest BCUT2D eigenvalue weighted by molar-refractivity contribution is 6.35. The Morgan fingerprint density at radius 2 is 1.81 bits per heavy atom. The van der Waals surface area contributed by atoms with Gasteiger partial charge in [-0.2, -0.15) is 0 Å². The number of halogens is 2. The van der Waals surface area contributed by atoms with Gasteiger partial charge in [-0.15, -0.1) is 0 Å². The van der Waals surface area contributed by atoms with Gasteiger partial charge in [0.15, 0.2) is 0 Å². The lowest BCUT2D eigenvalue weighted by atomic mass is 10.1. The fraction of sp³-hybridized carbons (Fsp3) is 0.0667. The largest absolute Gasteiger partial charge is 0.326 e. The second-order valence-corrected chi connectivity index (χ2v) is 5.58. The maximum absolute atomic E-state index is 12.2. The molecule has 1 aliphatic rings. The van der Waals surface area contributed by atoms with E-state index < -0.39 is 0 Å². The molecule has 6 heteroatoms. The van der Waals surface area contributed by atoms with Crippen LogP contribution in [0.1, 0.15) is 15.9 Å². The zero-order valence-corrected chi connectivity index (χ0v) is 12.3. The maximum atomic E-state index is 12.2. The molecular formula is C15H10Cl2N2O2. The monoisotopic (exact) mass is 320 g/mol. The standard InChI is InChI=1S/C15H10Cl2N2O2/c16-10-5-11(17)7-12(6-10)18-15(21)8-1-2-13-9(3-8)4-14(20)19-13/h1-3,5-7H,4H2,(H,18,21)(H,19,20). The van der Waals surface area contributed by atoms with Crippen molar-refractivity contribution < 1.29 is 9.59 Å². The Balaban J connectivity index is 1.83. The smallest absolute Gasteiger partial charge is 0.255 e. The van der Waals surface area contributed by atoms with E-state index in [2.05, 4.69) is 10.6 Å². The number of hydrogen-bond acceptors (Lipinski definition) is 2. The van der Waals surface area contributed by atoms with E-state index in [1.807, 2.05) is 0 Å². The molecule has 0 aromatic heterocycles. The predicted molar refractivity (Wildman–Crippen MR) is 83.2 cm³/mol. The average molecular weight is 321 g/mol. The van der Waals surface area contributed by atoms with Gasteiger partial charge in [-0.25, -0.2) is 0 Å². The van der Waals surface area contributed by atoms with Crippen LogP contribution in [0, 0.1) is 0 Å². The Labute approximate surface area is 131 Å². The van der Waals surface area contributed by atoms with Crippen molar-refractivity contribution >= 4 is 46.4 Å². The maximum Gasteiger partial charge on any atom is 0.255 e. The van der Waals surface area contributed by atoms with Crippen LogP contribution in [0.25, 0.3) is 0 Å². The van der Waals surface area contributed by atoms with E-state index in [-0.39, 0.29) is 11.8 Å². The molecule has 106 valence electrons. The lowest BCUT2D eigenvalue weighted by molar-refractivity contribution is -0.115. The Kier molecular flexibility index (Phi) is 3.57. The Morgan fingerprint density at radius 1 is 1.10 bits per heavy atom.